The SMILES string of the molecule is O=C(CC(c1ccccc1)c1ccccc1)Oc1ccc(C(=O)c2ccccc2)cc1. The predicted molar refractivity (Wildman–Crippen MR) is 121 cm³/mol. The molecule has 0 aliphatic carbocycles. The number of hydrogen-bond donors (Lipinski definition) is 0. The van der Waals surface area contributed by atoms with Gasteiger partial charge in [-0.05, 0) is 35.4 Å². The van der Waals surface area contributed by atoms with Crippen LogP contribution in [0.4, 0.5) is 0 Å². The largest absolute Gasteiger partial charge is 0.427 e. The van der Waals surface area contributed by atoms with Crippen molar-refractivity contribution in [3.8, 4) is 5.75 Å². The highest BCUT2D eigenvalue weighted by atomic mass is 16.5. The summed E-state index contributed by atoms with van der Waals surface area (Å²) in [5.74, 6) is -0.0464. The summed E-state index contributed by atoms with van der Waals surface area (Å²) in [6.07, 6.45) is 0.221. The summed E-state index contributed by atoms with van der Waals surface area (Å²) in [4.78, 5) is 25.3. The Bertz CT molecular complexity index is 1100. The van der Waals surface area contributed by atoms with Crippen LogP contribution in [-0.2, 0) is 4.79 Å². The van der Waals surface area contributed by atoms with Crippen LogP contribution < -0.4 is 4.74 Å². The lowest BCUT2D eigenvalue weighted by Crippen LogP contribution is -2.14. The van der Waals surface area contributed by atoms with E-state index in [0.717, 1.165) is 11.1 Å². The molecule has 0 atom stereocenters. The Kier molecular flexibility index (Phi) is 6.34. The average Bonchev–Trinajstić information content (AvgIpc) is 2.84. The van der Waals surface area contributed by atoms with Gasteiger partial charge in [-0.15, -0.1) is 0 Å². The van der Waals surface area contributed by atoms with Gasteiger partial charge in [0.1, 0.15) is 5.75 Å². The number of hydrogen-bond acceptors (Lipinski definition) is 3. The quantitative estimate of drug-likeness (QED) is 0.213. The second kappa shape index (κ2) is 9.68. The Hall–Kier alpha value is -3.98. The van der Waals surface area contributed by atoms with Crippen molar-refractivity contribution in [2.24, 2.45) is 0 Å². The summed E-state index contributed by atoms with van der Waals surface area (Å²) in [7, 11) is 0. The molecule has 152 valence electrons. The molecule has 0 amide bonds. The normalized spacial score (nSPS) is 10.6. The highest BCUT2D eigenvalue weighted by molar-refractivity contribution is 6.09. The molecule has 0 unspecified atom stereocenters. The Balaban J connectivity index is 1.46. The van der Waals surface area contributed by atoms with Crippen molar-refractivity contribution in [1.82, 2.24) is 0 Å². The van der Waals surface area contributed by atoms with Crippen LogP contribution in [0.25, 0.3) is 0 Å². The van der Waals surface area contributed by atoms with E-state index in [0.29, 0.717) is 16.9 Å². The molecule has 0 heterocycles. The summed E-state index contributed by atoms with van der Waals surface area (Å²) >= 11 is 0. The van der Waals surface area contributed by atoms with Crippen molar-refractivity contribution < 1.29 is 14.3 Å². The molecule has 4 aromatic carbocycles. The fourth-order valence-corrected chi connectivity index (χ4v) is 3.57. The van der Waals surface area contributed by atoms with Gasteiger partial charge in [0.15, 0.2) is 5.78 Å². The van der Waals surface area contributed by atoms with Crippen molar-refractivity contribution in [3.05, 3.63) is 138 Å². The van der Waals surface area contributed by atoms with Gasteiger partial charge in [0, 0.05) is 17.0 Å². The average molecular weight is 406 g/mol. The maximum absolute atomic E-state index is 12.7. The summed E-state index contributed by atoms with van der Waals surface area (Å²) in [5.41, 5.74) is 3.31. The third-order valence-corrected chi connectivity index (χ3v) is 5.16. The number of carbonyl (C=O) groups is 2. The first-order chi connectivity index (χ1) is 15.2. The standard InChI is InChI=1S/C28H22O3/c29-27(20-26(21-10-4-1-5-11-21)22-12-6-2-7-13-22)31-25-18-16-24(17-19-25)28(30)23-14-8-3-9-15-23/h1-19,26H,20H2. The third-order valence-electron chi connectivity index (χ3n) is 5.16. The van der Waals surface area contributed by atoms with Crippen molar-refractivity contribution in [1.29, 1.82) is 0 Å². The summed E-state index contributed by atoms with van der Waals surface area (Å²) in [6.45, 7) is 0. The smallest absolute Gasteiger partial charge is 0.312 e. The van der Waals surface area contributed by atoms with E-state index in [4.69, 9.17) is 4.74 Å². The minimum Gasteiger partial charge on any atom is -0.427 e. The molecule has 4 aromatic rings. The van der Waals surface area contributed by atoms with E-state index in [9.17, 15) is 9.59 Å². The molecular weight excluding hydrogens is 384 g/mol. The fraction of sp³-hybridized carbons (Fsp3) is 0.0714. The lowest BCUT2D eigenvalue weighted by molar-refractivity contribution is -0.134. The molecule has 4 rings (SSSR count). The van der Waals surface area contributed by atoms with Crippen LogP contribution >= 0.6 is 0 Å². The molecule has 3 nitrogen and oxygen atoms in total. The molecule has 0 bridgehead atoms. The van der Waals surface area contributed by atoms with Crippen molar-refractivity contribution in [2.75, 3.05) is 0 Å². The molecule has 0 spiro atoms. The topological polar surface area (TPSA) is 43.4 Å². The summed E-state index contributed by atoms with van der Waals surface area (Å²) < 4.78 is 5.58. The van der Waals surface area contributed by atoms with E-state index < -0.39 is 0 Å². The monoisotopic (exact) mass is 406 g/mol. The minimum atomic E-state index is -0.320. The molecule has 0 aliphatic rings. The van der Waals surface area contributed by atoms with Crippen molar-refractivity contribution >= 4 is 11.8 Å². The van der Waals surface area contributed by atoms with E-state index in [1.807, 2.05) is 78.9 Å². The van der Waals surface area contributed by atoms with E-state index in [1.165, 1.54) is 0 Å². The van der Waals surface area contributed by atoms with Gasteiger partial charge in [-0.3, -0.25) is 9.59 Å². The lowest BCUT2D eigenvalue weighted by atomic mass is 9.88. The maximum atomic E-state index is 12.7. The van der Waals surface area contributed by atoms with Gasteiger partial charge in [0.2, 0.25) is 0 Å². The van der Waals surface area contributed by atoms with Gasteiger partial charge >= 0.3 is 5.97 Å². The van der Waals surface area contributed by atoms with E-state index in [2.05, 4.69) is 0 Å². The number of carbonyl (C=O) groups excluding carboxylic acids is 2. The Labute approximate surface area is 181 Å². The Morgan fingerprint density at radius 2 is 1.03 bits per heavy atom. The molecule has 0 saturated carbocycles. The summed E-state index contributed by atoms with van der Waals surface area (Å²) in [6, 6.07) is 35.7. The van der Waals surface area contributed by atoms with Gasteiger partial charge < -0.3 is 4.74 Å². The molecule has 0 N–H and O–H groups in total. The zero-order chi connectivity index (χ0) is 21.5. The molecule has 31 heavy (non-hydrogen) atoms. The Morgan fingerprint density at radius 1 is 0.581 bits per heavy atom. The first kappa shape index (κ1) is 20.3. The van der Waals surface area contributed by atoms with Gasteiger partial charge in [0.05, 0.1) is 6.42 Å². The zero-order valence-corrected chi connectivity index (χ0v) is 17.0. The maximum Gasteiger partial charge on any atom is 0.312 e. The van der Waals surface area contributed by atoms with Crippen LogP contribution in [0.3, 0.4) is 0 Å². The molecule has 0 aliphatic heterocycles. The lowest BCUT2D eigenvalue weighted by Gasteiger charge is -2.17. The van der Waals surface area contributed by atoms with Gasteiger partial charge in [-0.1, -0.05) is 91.0 Å². The molecule has 0 fully saturated rings. The Morgan fingerprint density at radius 3 is 1.55 bits per heavy atom. The van der Waals surface area contributed by atoms with Gasteiger partial charge in [-0.2, -0.15) is 0 Å². The van der Waals surface area contributed by atoms with E-state index in [1.54, 1.807) is 36.4 Å². The van der Waals surface area contributed by atoms with E-state index >= 15 is 0 Å². The van der Waals surface area contributed by atoms with Crippen LogP contribution in [0.2, 0.25) is 0 Å². The van der Waals surface area contributed by atoms with Gasteiger partial charge in [-0.25, -0.2) is 0 Å². The minimum absolute atomic E-state index is 0.0632. The number of rotatable bonds is 7. The number of ketones is 1. The first-order valence-corrected chi connectivity index (χ1v) is 10.2. The van der Waals surface area contributed by atoms with Crippen LogP contribution in [0.5, 0.6) is 5.75 Å². The molecule has 3 heteroatoms. The molecule has 0 radical (unpaired) electrons. The van der Waals surface area contributed by atoms with Crippen molar-refractivity contribution in [2.45, 2.75) is 12.3 Å². The molecular formula is C28H22O3. The second-order valence-corrected chi connectivity index (χ2v) is 7.27. The van der Waals surface area contributed by atoms with Gasteiger partial charge in [0.25, 0.3) is 0 Å². The number of benzene rings is 4. The van der Waals surface area contributed by atoms with Crippen LogP contribution in [0.15, 0.2) is 115 Å². The first-order valence-electron chi connectivity index (χ1n) is 10.2. The number of esters is 1. The molecule has 0 saturated heterocycles. The third kappa shape index (κ3) is 5.14. The predicted octanol–water partition coefficient (Wildman–Crippen LogP) is 6.05. The highest BCUT2D eigenvalue weighted by Crippen LogP contribution is 2.28. The summed E-state index contributed by atoms with van der Waals surface area (Å²) in [5, 5.41) is 0. The number of ether oxygens (including phenoxy) is 1. The van der Waals surface area contributed by atoms with Crippen LogP contribution in [0, 0.1) is 0 Å². The van der Waals surface area contributed by atoms with E-state index in [-0.39, 0.29) is 24.1 Å². The molecule has 0 aromatic heterocycles. The van der Waals surface area contributed by atoms with Crippen molar-refractivity contribution in [3.63, 3.8) is 0 Å². The van der Waals surface area contributed by atoms with Crippen LogP contribution in [0.1, 0.15) is 39.4 Å². The highest BCUT2D eigenvalue weighted by Gasteiger charge is 2.19. The fourth-order valence-electron chi connectivity index (χ4n) is 3.57. The second-order valence-electron chi connectivity index (χ2n) is 7.27. The zero-order valence-electron chi connectivity index (χ0n) is 17.0. The van der Waals surface area contributed by atoms with Crippen LogP contribution in [-0.4, -0.2) is 11.8 Å².